The van der Waals surface area contributed by atoms with Crippen LogP contribution < -0.4 is 10.6 Å². The topological polar surface area (TPSA) is 61.4 Å². The van der Waals surface area contributed by atoms with Gasteiger partial charge in [0, 0.05) is 18.7 Å². The lowest BCUT2D eigenvalue weighted by Crippen LogP contribution is -2.42. The summed E-state index contributed by atoms with van der Waals surface area (Å²) >= 11 is 0. The number of halogens is 3. The lowest BCUT2D eigenvalue weighted by Gasteiger charge is -2.15. The maximum Gasteiger partial charge on any atom is 0.416 e. The third kappa shape index (κ3) is 3.24. The van der Waals surface area contributed by atoms with Gasteiger partial charge in [0.1, 0.15) is 0 Å². The highest BCUT2D eigenvalue weighted by atomic mass is 19.4. The number of rotatable bonds is 2. The minimum atomic E-state index is -4.42. The molecule has 0 aromatic heterocycles. The van der Waals surface area contributed by atoms with Gasteiger partial charge in [-0.1, -0.05) is 0 Å². The minimum Gasteiger partial charge on any atom is -0.390 e. The first-order chi connectivity index (χ1) is 8.88. The molecule has 3 N–H and O–H groups in total. The Morgan fingerprint density at radius 2 is 1.89 bits per heavy atom. The number of hydrogen-bond acceptors (Lipinski definition) is 3. The van der Waals surface area contributed by atoms with Crippen molar-refractivity contribution in [2.45, 2.75) is 18.3 Å². The van der Waals surface area contributed by atoms with E-state index in [-0.39, 0.29) is 5.56 Å². The molecule has 0 bridgehead atoms. The van der Waals surface area contributed by atoms with Crippen molar-refractivity contribution in [2.24, 2.45) is 0 Å². The van der Waals surface area contributed by atoms with Crippen LogP contribution >= 0.6 is 0 Å². The standard InChI is InChI=1S/C12H13F3N2O2/c13-12(14,15)8-3-1-7(2-4-8)11(19)17-9-5-16-6-10(9)18/h1-4,9-10,16,18H,5-6H2,(H,17,19). The van der Waals surface area contributed by atoms with Crippen LogP contribution in [0.4, 0.5) is 13.2 Å². The number of amides is 1. The molecular weight excluding hydrogens is 261 g/mol. The Hall–Kier alpha value is -1.60. The van der Waals surface area contributed by atoms with Crippen LogP contribution in [0.2, 0.25) is 0 Å². The van der Waals surface area contributed by atoms with E-state index in [2.05, 4.69) is 10.6 Å². The van der Waals surface area contributed by atoms with Crippen LogP contribution in [0, 0.1) is 0 Å². The molecule has 1 heterocycles. The highest BCUT2D eigenvalue weighted by Gasteiger charge is 2.30. The van der Waals surface area contributed by atoms with Crippen molar-refractivity contribution in [3.05, 3.63) is 35.4 Å². The number of hydrogen-bond donors (Lipinski definition) is 3. The summed E-state index contributed by atoms with van der Waals surface area (Å²) in [6, 6.07) is 3.53. The Morgan fingerprint density at radius 3 is 2.37 bits per heavy atom. The second-order valence-electron chi connectivity index (χ2n) is 4.38. The first kappa shape index (κ1) is 13.8. The molecule has 1 aliphatic rings. The van der Waals surface area contributed by atoms with Crippen LogP contribution in [0.3, 0.4) is 0 Å². The van der Waals surface area contributed by atoms with Gasteiger partial charge < -0.3 is 15.7 Å². The molecule has 0 spiro atoms. The summed E-state index contributed by atoms with van der Waals surface area (Å²) in [6.07, 6.45) is -5.10. The molecule has 2 rings (SSSR count). The van der Waals surface area contributed by atoms with Crippen molar-refractivity contribution in [3.8, 4) is 0 Å². The largest absolute Gasteiger partial charge is 0.416 e. The molecule has 1 amide bonds. The predicted molar refractivity (Wildman–Crippen MR) is 61.6 cm³/mol. The van der Waals surface area contributed by atoms with Crippen molar-refractivity contribution in [1.29, 1.82) is 0 Å². The zero-order valence-corrected chi connectivity index (χ0v) is 9.87. The fourth-order valence-electron chi connectivity index (χ4n) is 1.87. The van der Waals surface area contributed by atoms with E-state index in [1.165, 1.54) is 0 Å². The summed E-state index contributed by atoms with van der Waals surface area (Å²) in [5.41, 5.74) is -0.668. The molecule has 104 valence electrons. The van der Waals surface area contributed by atoms with Gasteiger partial charge in [0.2, 0.25) is 0 Å². The zero-order chi connectivity index (χ0) is 14.0. The molecule has 1 saturated heterocycles. The maximum atomic E-state index is 12.4. The van der Waals surface area contributed by atoms with E-state index in [0.29, 0.717) is 13.1 Å². The van der Waals surface area contributed by atoms with Gasteiger partial charge in [-0.2, -0.15) is 13.2 Å². The van der Waals surface area contributed by atoms with Gasteiger partial charge >= 0.3 is 6.18 Å². The van der Waals surface area contributed by atoms with Gasteiger partial charge in [-0.05, 0) is 24.3 Å². The van der Waals surface area contributed by atoms with Gasteiger partial charge in [-0.15, -0.1) is 0 Å². The molecule has 0 aliphatic carbocycles. The van der Waals surface area contributed by atoms with Crippen LogP contribution in [-0.2, 0) is 6.18 Å². The fraction of sp³-hybridized carbons (Fsp3) is 0.417. The van der Waals surface area contributed by atoms with Crippen LogP contribution in [0.15, 0.2) is 24.3 Å². The lowest BCUT2D eigenvalue weighted by molar-refractivity contribution is -0.137. The highest BCUT2D eigenvalue weighted by molar-refractivity contribution is 5.94. The fourth-order valence-corrected chi connectivity index (χ4v) is 1.87. The van der Waals surface area contributed by atoms with Crippen molar-refractivity contribution in [1.82, 2.24) is 10.6 Å². The first-order valence-electron chi connectivity index (χ1n) is 5.75. The molecule has 4 nitrogen and oxygen atoms in total. The van der Waals surface area contributed by atoms with E-state index < -0.39 is 29.8 Å². The third-order valence-corrected chi connectivity index (χ3v) is 2.97. The minimum absolute atomic E-state index is 0.132. The Balaban J connectivity index is 2.03. The molecular formula is C12H13F3N2O2. The second kappa shape index (κ2) is 5.18. The summed E-state index contributed by atoms with van der Waals surface area (Å²) in [6.45, 7) is 0.825. The molecule has 1 aromatic carbocycles. The molecule has 2 atom stereocenters. The summed E-state index contributed by atoms with van der Waals surface area (Å²) in [5, 5.41) is 15.0. The van der Waals surface area contributed by atoms with E-state index in [0.717, 1.165) is 24.3 Å². The number of benzene rings is 1. The van der Waals surface area contributed by atoms with Gasteiger partial charge in [0.05, 0.1) is 17.7 Å². The molecule has 1 aromatic rings. The number of aliphatic hydroxyl groups excluding tert-OH is 1. The van der Waals surface area contributed by atoms with Crippen molar-refractivity contribution >= 4 is 5.91 Å². The van der Waals surface area contributed by atoms with Gasteiger partial charge in [-0.25, -0.2) is 0 Å². The number of carbonyl (C=O) groups is 1. The Bertz CT molecular complexity index is 459. The van der Waals surface area contributed by atoms with Crippen LogP contribution in [-0.4, -0.2) is 36.2 Å². The Morgan fingerprint density at radius 1 is 1.26 bits per heavy atom. The maximum absolute atomic E-state index is 12.4. The number of aliphatic hydroxyl groups is 1. The van der Waals surface area contributed by atoms with Gasteiger partial charge in [-0.3, -0.25) is 4.79 Å². The summed E-state index contributed by atoms with van der Waals surface area (Å²) in [4.78, 5) is 11.8. The molecule has 2 unspecified atom stereocenters. The molecule has 1 fully saturated rings. The van der Waals surface area contributed by atoms with Gasteiger partial charge in [0.15, 0.2) is 0 Å². The third-order valence-electron chi connectivity index (χ3n) is 2.97. The van der Waals surface area contributed by atoms with E-state index in [9.17, 15) is 23.1 Å². The van der Waals surface area contributed by atoms with Crippen LogP contribution in [0.1, 0.15) is 15.9 Å². The average Bonchev–Trinajstić information content (AvgIpc) is 2.74. The quantitative estimate of drug-likeness (QED) is 0.746. The van der Waals surface area contributed by atoms with E-state index in [4.69, 9.17) is 0 Å². The van der Waals surface area contributed by atoms with E-state index in [1.54, 1.807) is 0 Å². The average molecular weight is 274 g/mol. The summed E-state index contributed by atoms with van der Waals surface area (Å²) in [7, 11) is 0. The van der Waals surface area contributed by atoms with Gasteiger partial charge in [0.25, 0.3) is 5.91 Å². The lowest BCUT2D eigenvalue weighted by atomic mass is 10.1. The Labute approximate surface area is 107 Å². The number of alkyl halides is 3. The zero-order valence-electron chi connectivity index (χ0n) is 9.87. The number of β-amino-alcohol motifs (C(OH)–C–C–N with tert-alkyl or cyclic N) is 1. The molecule has 0 radical (unpaired) electrons. The van der Waals surface area contributed by atoms with Crippen molar-refractivity contribution in [2.75, 3.05) is 13.1 Å². The second-order valence-corrected chi connectivity index (χ2v) is 4.38. The first-order valence-corrected chi connectivity index (χ1v) is 5.75. The highest BCUT2D eigenvalue weighted by Crippen LogP contribution is 2.29. The number of carbonyl (C=O) groups excluding carboxylic acids is 1. The SMILES string of the molecule is O=C(NC1CNCC1O)c1ccc(C(F)(F)F)cc1. The van der Waals surface area contributed by atoms with Crippen molar-refractivity contribution in [3.63, 3.8) is 0 Å². The monoisotopic (exact) mass is 274 g/mol. The van der Waals surface area contributed by atoms with Crippen LogP contribution in [0.5, 0.6) is 0 Å². The van der Waals surface area contributed by atoms with Crippen LogP contribution in [0.25, 0.3) is 0 Å². The Kier molecular flexibility index (Phi) is 3.77. The molecule has 1 aliphatic heterocycles. The summed E-state index contributed by atoms with van der Waals surface area (Å²) in [5.74, 6) is -0.499. The molecule has 19 heavy (non-hydrogen) atoms. The number of nitrogens with one attached hydrogen (secondary N) is 2. The molecule has 7 heteroatoms. The van der Waals surface area contributed by atoms with Crippen molar-refractivity contribution < 1.29 is 23.1 Å². The van der Waals surface area contributed by atoms with E-state index >= 15 is 0 Å². The predicted octanol–water partition coefficient (Wildman–Crippen LogP) is 0.768. The van der Waals surface area contributed by atoms with E-state index in [1.807, 2.05) is 0 Å². The summed E-state index contributed by atoms with van der Waals surface area (Å²) < 4.78 is 37.1. The molecule has 0 saturated carbocycles. The normalized spacial score (nSPS) is 23.4. The smallest absolute Gasteiger partial charge is 0.390 e.